The van der Waals surface area contributed by atoms with Crippen LogP contribution in [-0.2, 0) is 0 Å². The maximum atomic E-state index is 12.1. The molecular weight excluding hydrogens is 302 g/mol. The molecule has 0 saturated carbocycles. The van der Waals surface area contributed by atoms with E-state index < -0.39 is 6.03 Å². The highest BCUT2D eigenvalue weighted by atomic mass is 16.2. The summed E-state index contributed by atoms with van der Waals surface area (Å²) in [5, 5.41) is 2.91. The molecule has 5 nitrogen and oxygen atoms in total. The van der Waals surface area contributed by atoms with Crippen molar-refractivity contribution in [1.29, 1.82) is 0 Å². The molecule has 1 unspecified atom stereocenters. The lowest BCUT2D eigenvalue weighted by molar-refractivity contribution is 0.0935. The predicted octanol–water partition coefficient (Wildman–Crippen LogP) is 3.42. The van der Waals surface area contributed by atoms with Gasteiger partial charge < -0.3 is 5.32 Å². The number of carbonyl (C=O) groups excluding carboxylic acids is 2. The van der Waals surface area contributed by atoms with Crippen LogP contribution in [0.15, 0.2) is 60.7 Å². The molecule has 0 aliphatic rings. The van der Waals surface area contributed by atoms with Crippen LogP contribution in [0.4, 0.5) is 4.79 Å². The van der Waals surface area contributed by atoms with E-state index in [0.29, 0.717) is 11.5 Å². The monoisotopic (exact) mass is 325 g/mol. The summed E-state index contributed by atoms with van der Waals surface area (Å²) in [6, 6.07) is 18.0. The van der Waals surface area contributed by atoms with E-state index in [1.807, 2.05) is 36.4 Å². The molecule has 24 heavy (non-hydrogen) atoms. The van der Waals surface area contributed by atoms with Crippen LogP contribution in [0.3, 0.4) is 0 Å². The molecule has 2 aromatic carbocycles. The molecule has 2 rings (SSSR count). The zero-order valence-electron chi connectivity index (χ0n) is 14.0. The third-order valence-electron chi connectivity index (χ3n) is 3.54. The highest BCUT2D eigenvalue weighted by Gasteiger charge is 2.16. The van der Waals surface area contributed by atoms with Crippen molar-refractivity contribution in [2.45, 2.75) is 26.3 Å². The Balaban J connectivity index is 1.92. The molecule has 0 spiro atoms. The van der Waals surface area contributed by atoms with Crippen molar-refractivity contribution < 1.29 is 9.59 Å². The average Bonchev–Trinajstić information content (AvgIpc) is 2.60. The van der Waals surface area contributed by atoms with Gasteiger partial charge in [-0.25, -0.2) is 10.2 Å². The van der Waals surface area contributed by atoms with Crippen molar-refractivity contribution in [2.24, 2.45) is 5.92 Å². The fraction of sp³-hybridized carbons (Fsp3) is 0.263. The van der Waals surface area contributed by atoms with Crippen LogP contribution in [0, 0.1) is 5.92 Å². The average molecular weight is 325 g/mol. The van der Waals surface area contributed by atoms with E-state index in [4.69, 9.17) is 0 Å². The highest BCUT2D eigenvalue weighted by Crippen LogP contribution is 2.20. The number of rotatable bonds is 5. The smallest absolute Gasteiger partial charge is 0.330 e. The van der Waals surface area contributed by atoms with Crippen molar-refractivity contribution in [3.63, 3.8) is 0 Å². The number of nitrogens with one attached hydrogen (secondary N) is 3. The van der Waals surface area contributed by atoms with Crippen LogP contribution in [0.2, 0.25) is 0 Å². The van der Waals surface area contributed by atoms with Gasteiger partial charge in [-0.1, -0.05) is 62.4 Å². The molecule has 0 aromatic heterocycles. The first-order valence-electron chi connectivity index (χ1n) is 8.03. The quantitative estimate of drug-likeness (QED) is 0.737. The molecule has 0 aliphatic heterocycles. The number of hydrogen-bond donors (Lipinski definition) is 3. The number of carbonyl (C=O) groups is 2. The Labute approximate surface area is 142 Å². The van der Waals surface area contributed by atoms with Crippen LogP contribution < -0.4 is 16.2 Å². The first-order valence-corrected chi connectivity index (χ1v) is 8.03. The fourth-order valence-corrected chi connectivity index (χ4v) is 2.40. The molecule has 0 bridgehead atoms. The lowest BCUT2D eigenvalue weighted by Crippen LogP contribution is -2.48. The van der Waals surface area contributed by atoms with Gasteiger partial charge in [0.05, 0.1) is 6.04 Å². The van der Waals surface area contributed by atoms with Gasteiger partial charge in [0.1, 0.15) is 0 Å². The van der Waals surface area contributed by atoms with Crippen LogP contribution in [0.1, 0.15) is 42.2 Å². The number of hydrogen-bond acceptors (Lipinski definition) is 2. The van der Waals surface area contributed by atoms with Crippen molar-refractivity contribution in [1.82, 2.24) is 16.2 Å². The third kappa shape index (κ3) is 5.43. The van der Waals surface area contributed by atoms with Gasteiger partial charge in [-0.05, 0) is 30.0 Å². The minimum Gasteiger partial charge on any atom is -0.330 e. The van der Waals surface area contributed by atoms with E-state index in [0.717, 1.165) is 12.0 Å². The summed E-state index contributed by atoms with van der Waals surface area (Å²) in [6.07, 6.45) is 0.810. The lowest BCUT2D eigenvalue weighted by Gasteiger charge is -2.21. The Morgan fingerprint density at radius 3 is 2.04 bits per heavy atom. The predicted molar refractivity (Wildman–Crippen MR) is 94.2 cm³/mol. The van der Waals surface area contributed by atoms with Crippen LogP contribution >= 0.6 is 0 Å². The van der Waals surface area contributed by atoms with Gasteiger partial charge in [0.25, 0.3) is 5.91 Å². The maximum absolute atomic E-state index is 12.1. The zero-order chi connectivity index (χ0) is 17.4. The molecule has 0 heterocycles. The summed E-state index contributed by atoms with van der Waals surface area (Å²) in [4.78, 5) is 24.0. The molecule has 3 amide bonds. The van der Waals surface area contributed by atoms with Crippen molar-refractivity contribution >= 4 is 11.9 Å². The highest BCUT2D eigenvalue weighted by molar-refractivity contribution is 5.95. The van der Waals surface area contributed by atoms with E-state index in [1.165, 1.54) is 0 Å². The first-order chi connectivity index (χ1) is 11.6. The second kappa shape index (κ2) is 8.72. The van der Waals surface area contributed by atoms with E-state index in [1.54, 1.807) is 24.3 Å². The van der Waals surface area contributed by atoms with Crippen LogP contribution in [0.25, 0.3) is 0 Å². The summed E-state index contributed by atoms with van der Waals surface area (Å²) in [5.41, 5.74) is 6.34. The van der Waals surface area contributed by atoms with Gasteiger partial charge in [-0.2, -0.15) is 0 Å². The minimum absolute atomic E-state index is 0.111. The molecule has 126 valence electrons. The maximum Gasteiger partial charge on any atom is 0.333 e. The Hall–Kier alpha value is -2.82. The molecule has 0 saturated heterocycles. The summed E-state index contributed by atoms with van der Waals surface area (Å²) >= 11 is 0. The Morgan fingerprint density at radius 1 is 0.875 bits per heavy atom. The molecule has 2 aromatic rings. The molecule has 1 atom stereocenters. The largest absolute Gasteiger partial charge is 0.333 e. The summed E-state index contributed by atoms with van der Waals surface area (Å²) < 4.78 is 0. The standard InChI is InChI=1S/C19H23N3O2/c1-14(2)13-17(15-9-5-3-6-10-15)20-19(24)22-21-18(23)16-11-7-4-8-12-16/h3-12,14,17H,13H2,1-2H3,(H,21,23)(H2,20,22,24). The van der Waals surface area contributed by atoms with Crippen LogP contribution in [-0.4, -0.2) is 11.9 Å². The fourth-order valence-electron chi connectivity index (χ4n) is 2.40. The van der Waals surface area contributed by atoms with Gasteiger partial charge in [-0.3, -0.25) is 10.2 Å². The van der Waals surface area contributed by atoms with Gasteiger partial charge in [-0.15, -0.1) is 0 Å². The van der Waals surface area contributed by atoms with E-state index in [9.17, 15) is 9.59 Å². The molecule has 0 aliphatic carbocycles. The molecule has 0 radical (unpaired) electrons. The normalized spacial score (nSPS) is 11.6. The summed E-state index contributed by atoms with van der Waals surface area (Å²) in [5.74, 6) is 0.0697. The Kier molecular flexibility index (Phi) is 6.37. The number of amides is 3. The molecule has 0 fully saturated rings. The Morgan fingerprint density at radius 2 is 1.46 bits per heavy atom. The Bertz CT molecular complexity index is 657. The van der Waals surface area contributed by atoms with E-state index >= 15 is 0 Å². The van der Waals surface area contributed by atoms with Gasteiger partial charge in [0.2, 0.25) is 0 Å². The summed E-state index contributed by atoms with van der Waals surface area (Å²) in [6.45, 7) is 4.21. The second-order valence-electron chi connectivity index (χ2n) is 6.01. The number of hydrazine groups is 1. The van der Waals surface area contributed by atoms with Crippen molar-refractivity contribution in [3.05, 3.63) is 71.8 Å². The van der Waals surface area contributed by atoms with Gasteiger partial charge >= 0.3 is 6.03 Å². The van der Waals surface area contributed by atoms with E-state index in [-0.39, 0.29) is 11.9 Å². The third-order valence-corrected chi connectivity index (χ3v) is 3.54. The lowest BCUT2D eigenvalue weighted by atomic mass is 9.97. The second-order valence-corrected chi connectivity index (χ2v) is 6.01. The first kappa shape index (κ1) is 17.5. The van der Waals surface area contributed by atoms with Crippen molar-refractivity contribution in [3.8, 4) is 0 Å². The van der Waals surface area contributed by atoms with Crippen molar-refractivity contribution in [2.75, 3.05) is 0 Å². The van der Waals surface area contributed by atoms with E-state index in [2.05, 4.69) is 30.0 Å². The zero-order valence-corrected chi connectivity index (χ0v) is 14.0. The SMILES string of the molecule is CC(C)CC(NC(=O)NNC(=O)c1ccccc1)c1ccccc1. The number of benzene rings is 2. The minimum atomic E-state index is -0.436. The van der Waals surface area contributed by atoms with Crippen LogP contribution in [0.5, 0.6) is 0 Å². The molecule has 5 heteroatoms. The summed E-state index contributed by atoms with van der Waals surface area (Å²) in [7, 11) is 0. The topological polar surface area (TPSA) is 70.2 Å². The number of urea groups is 1. The molecule has 3 N–H and O–H groups in total. The molecular formula is C19H23N3O2. The van der Waals surface area contributed by atoms with Gasteiger partial charge in [0.15, 0.2) is 0 Å². The van der Waals surface area contributed by atoms with Gasteiger partial charge in [0, 0.05) is 5.56 Å².